The fraction of sp³-hybridized carbons (Fsp3) is 0.500. The lowest BCUT2D eigenvalue weighted by Gasteiger charge is -2.13. The van der Waals surface area contributed by atoms with Crippen LogP contribution in [-0.4, -0.2) is 17.8 Å². The van der Waals surface area contributed by atoms with E-state index in [-0.39, 0.29) is 11.3 Å². The van der Waals surface area contributed by atoms with E-state index in [4.69, 9.17) is 11.6 Å². The van der Waals surface area contributed by atoms with Gasteiger partial charge in [-0.3, -0.25) is 4.79 Å². The molecule has 1 unspecified atom stereocenters. The van der Waals surface area contributed by atoms with Gasteiger partial charge in [0.25, 0.3) is 5.91 Å². The highest BCUT2D eigenvalue weighted by Crippen LogP contribution is 2.11. The first kappa shape index (κ1) is 15.0. The van der Waals surface area contributed by atoms with Crippen molar-refractivity contribution in [2.45, 2.75) is 32.6 Å². The minimum absolute atomic E-state index is 0.0939. The molecule has 1 rings (SSSR count). The zero-order chi connectivity index (χ0) is 13.7. The summed E-state index contributed by atoms with van der Waals surface area (Å²) in [5, 5.41) is 2.63. The van der Waals surface area contributed by atoms with Crippen LogP contribution in [-0.2, 0) is 0 Å². The standard InChI is InChI=1S/C14H19ClFNO/c1-9(2)4-12(15)8-17-14(18)11-5-10(3)6-13(16)7-11/h5-7,9,12H,4,8H2,1-3H3,(H,17,18). The average molecular weight is 272 g/mol. The lowest BCUT2D eigenvalue weighted by Crippen LogP contribution is -2.30. The van der Waals surface area contributed by atoms with E-state index >= 15 is 0 Å². The third kappa shape index (κ3) is 5.05. The monoisotopic (exact) mass is 271 g/mol. The first-order chi connectivity index (χ1) is 8.38. The molecule has 0 heterocycles. The average Bonchev–Trinajstić information content (AvgIpc) is 2.23. The molecule has 1 amide bonds. The van der Waals surface area contributed by atoms with Crippen molar-refractivity contribution in [2.75, 3.05) is 6.54 Å². The van der Waals surface area contributed by atoms with Gasteiger partial charge in [0.1, 0.15) is 5.82 Å². The van der Waals surface area contributed by atoms with Crippen molar-refractivity contribution in [3.05, 3.63) is 35.1 Å². The van der Waals surface area contributed by atoms with Gasteiger partial charge in [0.2, 0.25) is 0 Å². The number of rotatable bonds is 5. The topological polar surface area (TPSA) is 29.1 Å². The number of carbonyl (C=O) groups excluding carboxylic acids is 1. The van der Waals surface area contributed by atoms with Gasteiger partial charge in [0.05, 0.1) is 5.38 Å². The van der Waals surface area contributed by atoms with Crippen LogP contribution in [0.15, 0.2) is 18.2 Å². The van der Waals surface area contributed by atoms with E-state index in [2.05, 4.69) is 19.2 Å². The number of alkyl halides is 1. The lowest BCUT2D eigenvalue weighted by atomic mass is 10.1. The molecule has 0 fully saturated rings. The lowest BCUT2D eigenvalue weighted by molar-refractivity contribution is 0.0952. The van der Waals surface area contributed by atoms with Crippen LogP contribution < -0.4 is 5.32 Å². The van der Waals surface area contributed by atoms with Crippen molar-refractivity contribution in [2.24, 2.45) is 5.92 Å². The van der Waals surface area contributed by atoms with Crippen LogP contribution in [0.5, 0.6) is 0 Å². The Balaban J connectivity index is 2.55. The van der Waals surface area contributed by atoms with E-state index in [1.165, 1.54) is 12.1 Å². The Morgan fingerprint density at radius 3 is 2.61 bits per heavy atom. The Hall–Kier alpha value is -1.09. The molecule has 0 aliphatic rings. The normalized spacial score (nSPS) is 12.6. The first-order valence-corrected chi connectivity index (χ1v) is 6.51. The number of halogens is 2. The summed E-state index contributed by atoms with van der Waals surface area (Å²) in [5.41, 5.74) is 1.06. The number of hydrogen-bond acceptors (Lipinski definition) is 1. The summed E-state index contributed by atoms with van der Waals surface area (Å²) >= 11 is 6.08. The third-order valence-corrected chi connectivity index (χ3v) is 2.85. The molecular weight excluding hydrogens is 253 g/mol. The van der Waals surface area contributed by atoms with Crippen LogP contribution in [0.1, 0.15) is 36.2 Å². The van der Waals surface area contributed by atoms with Crippen molar-refractivity contribution >= 4 is 17.5 Å². The molecule has 100 valence electrons. The molecule has 0 saturated heterocycles. The van der Waals surface area contributed by atoms with Crippen LogP contribution in [0.25, 0.3) is 0 Å². The van der Waals surface area contributed by atoms with Gasteiger partial charge in [-0.05, 0) is 43.0 Å². The van der Waals surface area contributed by atoms with Crippen LogP contribution in [0.3, 0.4) is 0 Å². The summed E-state index contributed by atoms with van der Waals surface area (Å²) in [6.45, 7) is 6.30. The Kier molecular flexibility index (Phi) is 5.60. The maximum atomic E-state index is 13.2. The molecule has 1 N–H and O–H groups in total. The number of amides is 1. The molecule has 0 aromatic heterocycles. The fourth-order valence-electron chi connectivity index (χ4n) is 1.77. The minimum Gasteiger partial charge on any atom is -0.351 e. The third-order valence-electron chi connectivity index (χ3n) is 2.52. The van der Waals surface area contributed by atoms with Gasteiger partial charge in [-0.25, -0.2) is 4.39 Å². The molecule has 2 nitrogen and oxygen atoms in total. The van der Waals surface area contributed by atoms with Gasteiger partial charge < -0.3 is 5.32 Å². The molecule has 0 radical (unpaired) electrons. The summed E-state index contributed by atoms with van der Waals surface area (Å²) in [7, 11) is 0. The van der Waals surface area contributed by atoms with Crippen molar-refractivity contribution in [1.29, 1.82) is 0 Å². The van der Waals surface area contributed by atoms with Crippen LogP contribution >= 0.6 is 11.6 Å². The number of benzene rings is 1. The van der Waals surface area contributed by atoms with E-state index < -0.39 is 5.82 Å². The summed E-state index contributed by atoms with van der Waals surface area (Å²) in [5.74, 6) is -0.197. The molecule has 4 heteroatoms. The van der Waals surface area contributed by atoms with Crippen LogP contribution in [0, 0.1) is 18.7 Å². The van der Waals surface area contributed by atoms with Crippen molar-refractivity contribution in [1.82, 2.24) is 5.32 Å². The second-order valence-corrected chi connectivity index (χ2v) is 5.57. The fourth-order valence-corrected chi connectivity index (χ4v) is 2.20. The number of carbonyl (C=O) groups is 1. The maximum Gasteiger partial charge on any atom is 0.251 e. The molecule has 18 heavy (non-hydrogen) atoms. The Labute approximate surface area is 113 Å². The van der Waals surface area contributed by atoms with Gasteiger partial charge in [-0.2, -0.15) is 0 Å². The molecular formula is C14H19ClFNO. The summed E-state index contributed by atoms with van der Waals surface area (Å²) in [6, 6.07) is 4.28. The predicted molar refractivity (Wildman–Crippen MR) is 72.6 cm³/mol. The zero-order valence-corrected chi connectivity index (χ0v) is 11.7. The van der Waals surface area contributed by atoms with Crippen LogP contribution in [0.4, 0.5) is 4.39 Å². The smallest absolute Gasteiger partial charge is 0.251 e. The molecule has 1 aromatic carbocycles. The van der Waals surface area contributed by atoms with Gasteiger partial charge in [0, 0.05) is 12.1 Å². The van der Waals surface area contributed by atoms with Crippen molar-refractivity contribution in [3.8, 4) is 0 Å². The van der Waals surface area contributed by atoms with Crippen molar-refractivity contribution in [3.63, 3.8) is 0 Å². The molecule has 0 bridgehead atoms. The second-order valence-electron chi connectivity index (χ2n) is 4.95. The number of aryl methyl sites for hydroxylation is 1. The Morgan fingerprint density at radius 1 is 1.39 bits per heavy atom. The van der Waals surface area contributed by atoms with E-state index in [0.717, 1.165) is 12.0 Å². The van der Waals surface area contributed by atoms with E-state index in [0.29, 0.717) is 18.0 Å². The van der Waals surface area contributed by atoms with Crippen LogP contribution in [0.2, 0.25) is 0 Å². The largest absolute Gasteiger partial charge is 0.351 e. The zero-order valence-electron chi connectivity index (χ0n) is 11.0. The molecule has 0 spiro atoms. The highest BCUT2D eigenvalue weighted by atomic mass is 35.5. The summed E-state index contributed by atoms with van der Waals surface area (Å²) in [6.07, 6.45) is 0.837. The van der Waals surface area contributed by atoms with E-state index in [1.54, 1.807) is 13.0 Å². The molecule has 1 aromatic rings. The molecule has 0 aliphatic carbocycles. The maximum absolute atomic E-state index is 13.2. The second kappa shape index (κ2) is 6.74. The molecule has 0 aliphatic heterocycles. The van der Waals surface area contributed by atoms with E-state index in [1.807, 2.05) is 0 Å². The van der Waals surface area contributed by atoms with Gasteiger partial charge in [0.15, 0.2) is 0 Å². The number of nitrogens with one attached hydrogen (secondary N) is 1. The molecule has 0 saturated carbocycles. The Morgan fingerprint density at radius 2 is 2.06 bits per heavy atom. The highest BCUT2D eigenvalue weighted by molar-refractivity contribution is 6.20. The predicted octanol–water partition coefficient (Wildman–Crippen LogP) is 3.52. The van der Waals surface area contributed by atoms with Gasteiger partial charge in [-0.1, -0.05) is 13.8 Å². The SMILES string of the molecule is Cc1cc(F)cc(C(=O)NCC(Cl)CC(C)C)c1. The number of hydrogen-bond donors (Lipinski definition) is 1. The van der Waals surface area contributed by atoms with E-state index in [9.17, 15) is 9.18 Å². The summed E-state index contributed by atoms with van der Waals surface area (Å²) < 4.78 is 13.2. The minimum atomic E-state index is -0.398. The first-order valence-electron chi connectivity index (χ1n) is 6.08. The highest BCUT2D eigenvalue weighted by Gasteiger charge is 2.11. The Bertz CT molecular complexity index is 400. The van der Waals surface area contributed by atoms with Gasteiger partial charge >= 0.3 is 0 Å². The summed E-state index contributed by atoms with van der Waals surface area (Å²) in [4.78, 5) is 11.8. The van der Waals surface area contributed by atoms with Crippen molar-refractivity contribution < 1.29 is 9.18 Å². The quantitative estimate of drug-likeness (QED) is 0.816. The van der Waals surface area contributed by atoms with Gasteiger partial charge in [-0.15, -0.1) is 11.6 Å². The molecule has 1 atom stereocenters.